The standard InChI is InChI=1S/C18H27N3O2/c1-15(22)20-17-9-7-16(8-10-17)18(23)19-11-6-14-21-12-4-2-3-5-13-21/h7-10H,2-6,11-14H2,1H3,(H,19,23)(H,20,22). The number of benzene rings is 1. The minimum Gasteiger partial charge on any atom is -0.352 e. The Balaban J connectivity index is 1.68. The highest BCUT2D eigenvalue weighted by molar-refractivity contribution is 5.95. The van der Waals surface area contributed by atoms with Gasteiger partial charge in [-0.3, -0.25) is 9.59 Å². The van der Waals surface area contributed by atoms with Gasteiger partial charge in [0, 0.05) is 24.7 Å². The molecule has 0 radical (unpaired) electrons. The maximum Gasteiger partial charge on any atom is 0.251 e. The number of hydrogen-bond donors (Lipinski definition) is 2. The molecule has 1 aliphatic rings. The number of hydrogen-bond acceptors (Lipinski definition) is 3. The topological polar surface area (TPSA) is 61.4 Å². The van der Waals surface area contributed by atoms with E-state index in [2.05, 4.69) is 15.5 Å². The van der Waals surface area contributed by atoms with Crippen molar-refractivity contribution >= 4 is 17.5 Å². The quantitative estimate of drug-likeness (QED) is 0.793. The highest BCUT2D eigenvalue weighted by Crippen LogP contribution is 2.10. The smallest absolute Gasteiger partial charge is 0.251 e. The van der Waals surface area contributed by atoms with E-state index in [1.807, 2.05) is 0 Å². The van der Waals surface area contributed by atoms with E-state index in [0.29, 0.717) is 17.8 Å². The van der Waals surface area contributed by atoms with E-state index < -0.39 is 0 Å². The van der Waals surface area contributed by atoms with Crippen LogP contribution in [0.5, 0.6) is 0 Å². The van der Waals surface area contributed by atoms with Gasteiger partial charge >= 0.3 is 0 Å². The molecule has 2 N–H and O–H groups in total. The summed E-state index contributed by atoms with van der Waals surface area (Å²) in [5, 5.41) is 5.65. The van der Waals surface area contributed by atoms with Crippen molar-refractivity contribution in [2.75, 3.05) is 31.5 Å². The van der Waals surface area contributed by atoms with Gasteiger partial charge in [0.05, 0.1) is 0 Å². The molecule has 1 aliphatic heterocycles. The molecule has 23 heavy (non-hydrogen) atoms. The molecule has 0 bridgehead atoms. The number of likely N-dealkylation sites (tertiary alicyclic amines) is 1. The Morgan fingerprint density at radius 3 is 2.30 bits per heavy atom. The third-order valence-electron chi connectivity index (χ3n) is 4.10. The van der Waals surface area contributed by atoms with Gasteiger partial charge in [-0.25, -0.2) is 0 Å². The van der Waals surface area contributed by atoms with Crippen LogP contribution in [-0.2, 0) is 4.79 Å². The molecule has 0 aliphatic carbocycles. The van der Waals surface area contributed by atoms with Crippen LogP contribution in [0.3, 0.4) is 0 Å². The van der Waals surface area contributed by atoms with Crippen molar-refractivity contribution < 1.29 is 9.59 Å². The molecule has 0 spiro atoms. The van der Waals surface area contributed by atoms with Crippen LogP contribution in [-0.4, -0.2) is 42.9 Å². The number of rotatable bonds is 6. The summed E-state index contributed by atoms with van der Waals surface area (Å²) < 4.78 is 0. The Kier molecular flexibility index (Phi) is 7.07. The van der Waals surface area contributed by atoms with Crippen LogP contribution in [0, 0.1) is 0 Å². The lowest BCUT2D eigenvalue weighted by Crippen LogP contribution is -2.30. The summed E-state index contributed by atoms with van der Waals surface area (Å²) in [7, 11) is 0. The Hall–Kier alpha value is -1.88. The minimum atomic E-state index is -0.115. The third-order valence-corrected chi connectivity index (χ3v) is 4.10. The van der Waals surface area contributed by atoms with Crippen molar-refractivity contribution in [3.63, 3.8) is 0 Å². The zero-order valence-electron chi connectivity index (χ0n) is 13.9. The van der Waals surface area contributed by atoms with E-state index in [1.165, 1.54) is 45.7 Å². The molecule has 1 heterocycles. The van der Waals surface area contributed by atoms with Gasteiger partial charge in [0.25, 0.3) is 5.91 Å². The zero-order valence-corrected chi connectivity index (χ0v) is 13.9. The zero-order chi connectivity index (χ0) is 16.5. The normalized spacial score (nSPS) is 15.7. The van der Waals surface area contributed by atoms with E-state index in [9.17, 15) is 9.59 Å². The summed E-state index contributed by atoms with van der Waals surface area (Å²) in [6.07, 6.45) is 6.28. The molecule has 0 aromatic heterocycles. The Labute approximate surface area is 138 Å². The number of amides is 2. The molecule has 126 valence electrons. The van der Waals surface area contributed by atoms with E-state index in [4.69, 9.17) is 0 Å². The van der Waals surface area contributed by atoms with Crippen LogP contribution in [0.2, 0.25) is 0 Å². The van der Waals surface area contributed by atoms with Gasteiger partial charge in [-0.2, -0.15) is 0 Å². The van der Waals surface area contributed by atoms with Crippen LogP contribution in [0.15, 0.2) is 24.3 Å². The second kappa shape index (κ2) is 9.30. The molecule has 0 saturated carbocycles. The highest BCUT2D eigenvalue weighted by atomic mass is 16.2. The average molecular weight is 317 g/mol. The van der Waals surface area contributed by atoms with Crippen molar-refractivity contribution in [1.29, 1.82) is 0 Å². The van der Waals surface area contributed by atoms with Crippen molar-refractivity contribution in [3.05, 3.63) is 29.8 Å². The maximum absolute atomic E-state index is 12.1. The fourth-order valence-electron chi connectivity index (χ4n) is 2.87. The summed E-state index contributed by atoms with van der Waals surface area (Å²) in [4.78, 5) is 25.5. The van der Waals surface area contributed by atoms with Crippen LogP contribution in [0.1, 0.15) is 49.4 Å². The SMILES string of the molecule is CC(=O)Nc1ccc(C(=O)NCCCN2CCCCCC2)cc1. The van der Waals surface area contributed by atoms with E-state index >= 15 is 0 Å². The molecule has 5 heteroatoms. The first kappa shape index (κ1) is 17.5. The van der Waals surface area contributed by atoms with Gasteiger partial charge in [-0.05, 0) is 63.2 Å². The fraction of sp³-hybridized carbons (Fsp3) is 0.556. The van der Waals surface area contributed by atoms with Gasteiger partial charge in [0.2, 0.25) is 5.91 Å². The van der Waals surface area contributed by atoms with Gasteiger partial charge in [-0.1, -0.05) is 12.8 Å². The number of nitrogens with zero attached hydrogens (tertiary/aromatic N) is 1. The Morgan fingerprint density at radius 1 is 1.04 bits per heavy atom. The summed E-state index contributed by atoms with van der Waals surface area (Å²) in [5.41, 5.74) is 1.32. The van der Waals surface area contributed by atoms with Gasteiger partial charge < -0.3 is 15.5 Å². The molecular formula is C18H27N3O2. The first-order valence-corrected chi connectivity index (χ1v) is 8.53. The summed E-state index contributed by atoms with van der Waals surface area (Å²) in [6.45, 7) is 5.60. The lowest BCUT2D eigenvalue weighted by atomic mass is 10.2. The molecule has 2 amide bonds. The van der Waals surface area contributed by atoms with Crippen molar-refractivity contribution in [3.8, 4) is 0 Å². The predicted octanol–water partition coefficient (Wildman–Crippen LogP) is 2.64. The Bertz CT molecular complexity index is 506. The van der Waals surface area contributed by atoms with Crippen LogP contribution in [0.25, 0.3) is 0 Å². The highest BCUT2D eigenvalue weighted by Gasteiger charge is 2.09. The van der Waals surface area contributed by atoms with Crippen LogP contribution in [0.4, 0.5) is 5.69 Å². The summed E-state index contributed by atoms with van der Waals surface area (Å²) in [6, 6.07) is 6.95. The molecular weight excluding hydrogens is 290 g/mol. The first-order valence-electron chi connectivity index (χ1n) is 8.53. The third kappa shape index (κ3) is 6.40. The lowest BCUT2D eigenvalue weighted by Gasteiger charge is -2.19. The van der Waals surface area contributed by atoms with E-state index in [1.54, 1.807) is 24.3 Å². The predicted molar refractivity (Wildman–Crippen MR) is 92.6 cm³/mol. The molecule has 1 aromatic carbocycles. The van der Waals surface area contributed by atoms with Crippen molar-refractivity contribution in [2.45, 2.75) is 39.0 Å². The molecule has 1 aromatic rings. The molecule has 2 rings (SSSR count). The van der Waals surface area contributed by atoms with Gasteiger partial charge in [0.15, 0.2) is 0 Å². The monoisotopic (exact) mass is 317 g/mol. The largest absolute Gasteiger partial charge is 0.352 e. The Morgan fingerprint density at radius 2 is 1.70 bits per heavy atom. The van der Waals surface area contributed by atoms with Crippen molar-refractivity contribution in [2.24, 2.45) is 0 Å². The number of nitrogens with one attached hydrogen (secondary N) is 2. The molecule has 0 unspecified atom stereocenters. The van der Waals surface area contributed by atoms with Gasteiger partial charge in [0.1, 0.15) is 0 Å². The molecule has 1 fully saturated rings. The molecule has 1 saturated heterocycles. The van der Waals surface area contributed by atoms with E-state index in [-0.39, 0.29) is 11.8 Å². The summed E-state index contributed by atoms with van der Waals surface area (Å²) in [5.74, 6) is -0.175. The number of carbonyl (C=O) groups is 2. The van der Waals surface area contributed by atoms with Crippen molar-refractivity contribution in [1.82, 2.24) is 10.2 Å². The fourth-order valence-corrected chi connectivity index (χ4v) is 2.87. The van der Waals surface area contributed by atoms with E-state index in [0.717, 1.165) is 13.0 Å². The second-order valence-corrected chi connectivity index (χ2v) is 6.12. The lowest BCUT2D eigenvalue weighted by molar-refractivity contribution is -0.114. The molecule has 0 atom stereocenters. The second-order valence-electron chi connectivity index (χ2n) is 6.12. The molecule has 5 nitrogen and oxygen atoms in total. The number of carbonyl (C=O) groups excluding carboxylic acids is 2. The van der Waals surface area contributed by atoms with Crippen LogP contribution < -0.4 is 10.6 Å². The van der Waals surface area contributed by atoms with Crippen LogP contribution >= 0.6 is 0 Å². The summed E-state index contributed by atoms with van der Waals surface area (Å²) >= 11 is 0. The number of anilines is 1. The van der Waals surface area contributed by atoms with Gasteiger partial charge in [-0.15, -0.1) is 0 Å². The first-order chi connectivity index (χ1) is 11.1. The minimum absolute atomic E-state index is 0.0600. The average Bonchev–Trinajstić information content (AvgIpc) is 2.80. The maximum atomic E-state index is 12.1.